The monoisotopic (exact) mass is 299 g/mol. The van der Waals surface area contributed by atoms with Crippen molar-refractivity contribution in [1.82, 2.24) is 0 Å². The highest BCUT2D eigenvalue weighted by atomic mass is 32.2. The number of aryl methyl sites for hydroxylation is 2. The zero-order valence-corrected chi connectivity index (χ0v) is 12.7. The molecule has 0 unspecified atom stereocenters. The lowest BCUT2D eigenvalue weighted by atomic mass is 9.91. The summed E-state index contributed by atoms with van der Waals surface area (Å²) >= 11 is 0. The molecule has 4 heteroatoms. The molecule has 0 saturated heterocycles. The topological polar surface area (TPSA) is 57.2 Å². The van der Waals surface area contributed by atoms with Crippen molar-refractivity contribution < 1.29 is 13.0 Å². The molecule has 0 radical (unpaired) electrons. The lowest BCUT2D eigenvalue weighted by Gasteiger charge is -2.27. The molecule has 0 heterocycles. The van der Waals surface area contributed by atoms with Crippen LogP contribution in [0.2, 0.25) is 0 Å². The minimum absolute atomic E-state index is 0. The fourth-order valence-corrected chi connectivity index (χ4v) is 3.00. The number of benzene rings is 1. The molecule has 0 aromatic heterocycles. The third-order valence-corrected chi connectivity index (χ3v) is 4.88. The molecule has 0 bridgehead atoms. The van der Waals surface area contributed by atoms with Crippen LogP contribution in [0, 0.1) is 19.8 Å². The highest BCUT2D eigenvalue weighted by molar-refractivity contribution is 7.86. The summed E-state index contributed by atoms with van der Waals surface area (Å²) in [6.45, 7) is 6.28. The summed E-state index contributed by atoms with van der Waals surface area (Å²) in [7, 11) is -4.00. The molecule has 2 rings (SSSR count). The molecule has 116 valence electrons. The second-order valence-electron chi connectivity index (χ2n) is 5.53. The highest BCUT2D eigenvalue weighted by Crippen LogP contribution is 2.27. The predicted molar refractivity (Wildman–Crippen MR) is 83.8 cm³/mol. The zero-order valence-electron chi connectivity index (χ0n) is 11.9. The van der Waals surface area contributed by atoms with E-state index in [1.54, 1.807) is 0 Å². The molecule has 0 spiro atoms. The Hall–Kier alpha value is -0.870. The van der Waals surface area contributed by atoms with E-state index in [4.69, 9.17) is 0 Å². The second kappa shape index (κ2) is 8.42. The molecule has 1 aliphatic rings. The van der Waals surface area contributed by atoms with Crippen LogP contribution >= 0.6 is 0 Å². The molecule has 0 aliphatic heterocycles. The fraction of sp³-hybridized carbons (Fsp3) is 0.625. The minimum Gasteiger partial charge on any atom is -0.748 e. The number of hydrogen-bond acceptors (Lipinski definition) is 3. The maximum Gasteiger partial charge on any atom is 0.0975 e. The largest absolute Gasteiger partial charge is 0.748 e. The van der Waals surface area contributed by atoms with Gasteiger partial charge in [-0.2, -0.15) is 0 Å². The average Bonchev–Trinajstić information content (AvgIpc) is 2.33. The SMILES string of the molecule is C.CC1CCC(S(=O)(=O)[O-])CC1.Cc1ccc(C)cc1. The third kappa shape index (κ3) is 7.06. The van der Waals surface area contributed by atoms with Crippen molar-refractivity contribution in [3.8, 4) is 0 Å². The highest BCUT2D eigenvalue weighted by Gasteiger charge is 2.22. The summed E-state index contributed by atoms with van der Waals surface area (Å²) in [4.78, 5) is 0. The van der Waals surface area contributed by atoms with Gasteiger partial charge in [0.05, 0.1) is 10.1 Å². The Bertz CT molecular complexity index is 448. The van der Waals surface area contributed by atoms with Gasteiger partial charge in [-0.25, -0.2) is 8.42 Å². The predicted octanol–water partition coefficient (Wildman–Crippen LogP) is 4.05. The Kier molecular flexibility index (Phi) is 8.06. The first-order valence-electron chi connectivity index (χ1n) is 6.77. The van der Waals surface area contributed by atoms with E-state index in [-0.39, 0.29) is 7.43 Å². The standard InChI is InChI=1S/C8H10.C7H14O3S.CH4/c1-7-3-5-8(2)6-4-7;1-6-2-4-7(5-3-6)11(8,9)10;/h3-6H,1-2H3;6-7H,2-5H2,1H3,(H,8,9,10);1H4/p-1. The van der Waals surface area contributed by atoms with Gasteiger partial charge < -0.3 is 4.55 Å². The van der Waals surface area contributed by atoms with Crippen molar-refractivity contribution in [2.75, 3.05) is 0 Å². The van der Waals surface area contributed by atoms with Gasteiger partial charge in [-0.1, -0.05) is 49.7 Å². The molecule has 0 atom stereocenters. The molecule has 0 amide bonds. The van der Waals surface area contributed by atoms with Crippen LogP contribution in [0.5, 0.6) is 0 Å². The summed E-state index contributed by atoms with van der Waals surface area (Å²) in [6, 6.07) is 8.48. The van der Waals surface area contributed by atoms with Crippen molar-refractivity contribution in [2.24, 2.45) is 5.92 Å². The van der Waals surface area contributed by atoms with Crippen LogP contribution in [0.4, 0.5) is 0 Å². The smallest absolute Gasteiger partial charge is 0.0975 e. The maximum absolute atomic E-state index is 10.5. The Labute approximate surface area is 124 Å². The van der Waals surface area contributed by atoms with Crippen LogP contribution in [-0.4, -0.2) is 18.2 Å². The number of rotatable bonds is 1. The summed E-state index contributed by atoms with van der Waals surface area (Å²) in [5.74, 6) is 0.591. The van der Waals surface area contributed by atoms with E-state index in [9.17, 15) is 13.0 Å². The van der Waals surface area contributed by atoms with Crippen molar-refractivity contribution >= 4 is 10.1 Å². The minimum atomic E-state index is -4.00. The molecule has 1 aromatic rings. The van der Waals surface area contributed by atoms with E-state index in [0.29, 0.717) is 18.8 Å². The molecule has 1 aliphatic carbocycles. The van der Waals surface area contributed by atoms with E-state index >= 15 is 0 Å². The van der Waals surface area contributed by atoms with Gasteiger partial charge in [-0.15, -0.1) is 0 Å². The van der Waals surface area contributed by atoms with Crippen LogP contribution < -0.4 is 0 Å². The van der Waals surface area contributed by atoms with E-state index in [0.717, 1.165) is 12.8 Å². The summed E-state index contributed by atoms with van der Waals surface area (Å²) < 4.78 is 31.6. The quantitative estimate of drug-likeness (QED) is 0.735. The van der Waals surface area contributed by atoms with E-state index in [1.165, 1.54) is 11.1 Å². The maximum atomic E-state index is 10.5. The Morgan fingerprint density at radius 3 is 1.60 bits per heavy atom. The molecule has 20 heavy (non-hydrogen) atoms. The lowest BCUT2D eigenvalue weighted by molar-refractivity contribution is 0.359. The molecule has 1 saturated carbocycles. The molecular weight excluding hydrogens is 272 g/mol. The fourth-order valence-electron chi connectivity index (χ4n) is 2.16. The summed E-state index contributed by atoms with van der Waals surface area (Å²) in [5, 5.41) is -0.598. The average molecular weight is 299 g/mol. The first-order chi connectivity index (χ1) is 8.79. The van der Waals surface area contributed by atoms with Crippen molar-refractivity contribution in [2.45, 2.75) is 59.1 Å². The Morgan fingerprint density at radius 1 is 0.950 bits per heavy atom. The van der Waals surface area contributed by atoms with E-state index < -0.39 is 15.4 Å². The molecule has 0 N–H and O–H groups in total. The van der Waals surface area contributed by atoms with Crippen LogP contribution in [-0.2, 0) is 10.1 Å². The van der Waals surface area contributed by atoms with Gasteiger partial charge in [-0.05, 0) is 45.4 Å². The van der Waals surface area contributed by atoms with Crippen molar-refractivity contribution in [1.29, 1.82) is 0 Å². The van der Waals surface area contributed by atoms with Gasteiger partial charge in [0.25, 0.3) is 0 Å². The first kappa shape index (κ1) is 19.1. The van der Waals surface area contributed by atoms with Crippen LogP contribution in [0.15, 0.2) is 24.3 Å². The van der Waals surface area contributed by atoms with Gasteiger partial charge in [0.1, 0.15) is 0 Å². The lowest BCUT2D eigenvalue weighted by Crippen LogP contribution is -2.25. The van der Waals surface area contributed by atoms with Crippen LogP contribution in [0.1, 0.15) is 51.2 Å². The first-order valence-corrected chi connectivity index (χ1v) is 8.24. The second-order valence-corrected chi connectivity index (χ2v) is 7.18. The van der Waals surface area contributed by atoms with Gasteiger partial charge in [0.15, 0.2) is 0 Å². The summed E-state index contributed by atoms with van der Waals surface area (Å²) in [6.07, 6.45) is 2.89. The molecule has 1 aromatic carbocycles. The normalized spacial score (nSPS) is 22.2. The summed E-state index contributed by atoms with van der Waals surface area (Å²) in [5.41, 5.74) is 2.66. The molecule has 3 nitrogen and oxygen atoms in total. The van der Waals surface area contributed by atoms with Crippen molar-refractivity contribution in [3.63, 3.8) is 0 Å². The van der Waals surface area contributed by atoms with Crippen molar-refractivity contribution in [3.05, 3.63) is 35.4 Å². The van der Waals surface area contributed by atoms with E-state index in [1.807, 2.05) is 0 Å². The van der Waals surface area contributed by atoms with Crippen LogP contribution in [0.3, 0.4) is 0 Å². The van der Waals surface area contributed by atoms with E-state index in [2.05, 4.69) is 45.0 Å². The van der Waals surface area contributed by atoms with Gasteiger partial charge in [0, 0.05) is 5.25 Å². The molecular formula is C16H27O3S-. The van der Waals surface area contributed by atoms with Crippen LogP contribution in [0.25, 0.3) is 0 Å². The van der Waals surface area contributed by atoms with Gasteiger partial charge in [-0.3, -0.25) is 0 Å². The Morgan fingerprint density at radius 2 is 1.30 bits per heavy atom. The molecule has 1 fully saturated rings. The zero-order chi connectivity index (χ0) is 14.5. The van der Waals surface area contributed by atoms with Gasteiger partial charge >= 0.3 is 0 Å². The third-order valence-electron chi connectivity index (χ3n) is 3.59. The number of hydrogen-bond donors (Lipinski definition) is 0. The van der Waals surface area contributed by atoms with Gasteiger partial charge in [0.2, 0.25) is 0 Å². The Balaban J connectivity index is 0.000000359.